The van der Waals surface area contributed by atoms with Crippen LogP contribution in [0.1, 0.15) is 25.5 Å². The SMILES string of the molecule is CC(C)OCC(NN)c1cccc(F)c1Cl. The summed E-state index contributed by atoms with van der Waals surface area (Å²) in [6.07, 6.45) is 0.0863. The molecule has 0 spiro atoms. The lowest BCUT2D eigenvalue weighted by Crippen LogP contribution is -2.32. The van der Waals surface area contributed by atoms with E-state index in [0.717, 1.165) is 0 Å². The molecule has 1 rings (SSSR count). The highest BCUT2D eigenvalue weighted by molar-refractivity contribution is 6.31. The molecule has 1 aromatic carbocycles. The lowest BCUT2D eigenvalue weighted by molar-refractivity contribution is 0.0611. The van der Waals surface area contributed by atoms with Crippen LogP contribution >= 0.6 is 11.6 Å². The average Bonchev–Trinajstić information content (AvgIpc) is 2.24. The molecular formula is C11H16ClFN2O. The van der Waals surface area contributed by atoms with Crippen molar-refractivity contribution in [2.45, 2.75) is 26.0 Å². The second kappa shape index (κ2) is 6.15. The maximum absolute atomic E-state index is 13.2. The molecule has 16 heavy (non-hydrogen) atoms. The third-order valence-electron chi connectivity index (χ3n) is 2.15. The molecule has 0 aliphatic rings. The van der Waals surface area contributed by atoms with Crippen LogP contribution in [0.3, 0.4) is 0 Å². The first-order chi connectivity index (χ1) is 7.56. The van der Waals surface area contributed by atoms with Crippen LogP contribution in [0.25, 0.3) is 0 Å². The first kappa shape index (κ1) is 13.4. The van der Waals surface area contributed by atoms with Crippen LogP contribution in [0.5, 0.6) is 0 Å². The Bertz CT molecular complexity index is 347. The van der Waals surface area contributed by atoms with Crippen LogP contribution in [0.2, 0.25) is 5.02 Å². The van der Waals surface area contributed by atoms with E-state index in [2.05, 4.69) is 5.43 Å². The predicted molar refractivity (Wildman–Crippen MR) is 62.6 cm³/mol. The van der Waals surface area contributed by atoms with Crippen LogP contribution in [0, 0.1) is 5.82 Å². The number of nitrogens with two attached hydrogens (primary N) is 1. The molecule has 1 aromatic rings. The quantitative estimate of drug-likeness (QED) is 0.620. The number of nitrogens with one attached hydrogen (secondary N) is 1. The summed E-state index contributed by atoms with van der Waals surface area (Å²) >= 11 is 5.86. The number of hydrazine groups is 1. The Hall–Kier alpha value is -0.680. The second-order valence-corrected chi connectivity index (χ2v) is 4.12. The largest absolute Gasteiger partial charge is 0.377 e. The van der Waals surface area contributed by atoms with Gasteiger partial charge in [-0.2, -0.15) is 0 Å². The highest BCUT2D eigenvalue weighted by Gasteiger charge is 2.16. The van der Waals surface area contributed by atoms with Crippen molar-refractivity contribution in [2.75, 3.05) is 6.61 Å². The Kier molecular flexibility index (Phi) is 5.15. The maximum Gasteiger partial charge on any atom is 0.142 e. The predicted octanol–water partition coefficient (Wildman–Crippen LogP) is 2.41. The zero-order valence-corrected chi connectivity index (χ0v) is 10.1. The number of benzene rings is 1. The Morgan fingerprint density at radius 1 is 1.50 bits per heavy atom. The molecule has 0 radical (unpaired) electrons. The summed E-state index contributed by atoms with van der Waals surface area (Å²) in [5.41, 5.74) is 3.17. The molecule has 0 aliphatic heterocycles. The van der Waals surface area contributed by atoms with Crippen molar-refractivity contribution in [3.05, 3.63) is 34.6 Å². The molecule has 3 N–H and O–H groups in total. The van der Waals surface area contributed by atoms with E-state index in [1.54, 1.807) is 12.1 Å². The van der Waals surface area contributed by atoms with Crippen LogP contribution in [-0.4, -0.2) is 12.7 Å². The Morgan fingerprint density at radius 3 is 2.75 bits per heavy atom. The number of rotatable bonds is 5. The summed E-state index contributed by atoms with van der Waals surface area (Å²) in [6, 6.07) is 4.31. The van der Waals surface area contributed by atoms with Crippen molar-refractivity contribution in [3.8, 4) is 0 Å². The van der Waals surface area contributed by atoms with Gasteiger partial charge in [-0.3, -0.25) is 11.3 Å². The minimum atomic E-state index is -0.455. The molecule has 3 nitrogen and oxygen atoms in total. The van der Waals surface area contributed by atoms with E-state index in [4.69, 9.17) is 22.2 Å². The zero-order valence-electron chi connectivity index (χ0n) is 9.34. The molecule has 0 saturated heterocycles. The smallest absolute Gasteiger partial charge is 0.142 e. The molecule has 0 heterocycles. The highest BCUT2D eigenvalue weighted by atomic mass is 35.5. The van der Waals surface area contributed by atoms with Gasteiger partial charge >= 0.3 is 0 Å². The van der Waals surface area contributed by atoms with Crippen molar-refractivity contribution in [1.82, 2.24) is 5.43 Å². The van der Waals surface area contributed by atoms with Crippen LogP contribution in [0.4, 0.5) is 4.39 Å². The minimum absolute atomic E-state index is 0.0813. The average molecular weight is 247 g/mol. The van der Waals surface area contributed by atoms with Crippen molar-refractivity contribution >= 4 is 11.6 Å². The van der Waals surface area contributed by atoms with Gasteiger partial charge in [0.2, 0.25) is 0 Å². The molecule has 0 bridgehead atoms. The molecule has 90 valence electrons. The normalized spacial score (nSPS) is 13.1. The van der Waals surface area contributed by atoms with Crippen LogP contribution in [-0.2, 0) is 4.74 Å². The lowest BCUT2D eigenvalue weighted by Gasteiger charge is -2.19. The topological polar surface area (TPSA) is 47.3 Å². The standard InChI is InChI=1S/C11H16ClFN2O/c1-7(2)16-6-10(15-14)8-4-3-5-9(13)11(8)12/h3-5,7,10,15H,6,14H2,1-2H3. The first-order valence-electron chi connectivity index (χ1n) is 5.08. The molecule has 1 unspecified atom stereocenters. The van der Waals surface area contributed by atoms with Crippen LogP contribution in [0.15, 0.2) is 18.2 Å². The Morgan fingerprint density at radius 2 is 2.19 bits per heavy atom. The van der Waals surface area contributed by atoms with E-state index in [1.807, 2.05) is 13.8 Å². The number of hydrogen-bond acceptors (Lipinski definition) is 3. The van der Waals surface area contributed by atoms with Gasteiger partial charge in [-0.1, -0.05) is 23.7 Å². The van der Waals surface area contributed by atoms with Gasteiger partial charge in [0, 0.05) is 0 Å². The van der Waals surface area contributed by atoms with Gasteiger partial charge in [0.15, 0.2) is 0 Å². The molecule has 0 aromatic heterocycles. The third kappa shape index (κ3) is 3.42. The summed E-state index contributed by atoms with van der Waals surface area (Å²) in [7, 11) is 0. The highest BCUT2D eigenvalue weighted by Crippen LogP contribution is 2.25. The summed E-state index contributed by atoms with van der Waals surface area (Å²) in [5.74, 6) is 4.94. The molecule has 0 amide bonds. The van der Waals surface area contributed by atoms with E-state index in [9.17, 15) is 4.39 Å². The fraction of sp³-hybridized carbons (Fsp3) is 0.455. The number of hydrogen-bond donors (Lipinski definition) is 2. The minimum Gasteiger partial charge on any atom is -0.377 e. The fourth-order valence-corrected chi connectivity index (χ4v) is 1.56. The van der Waals surface area contributed by atoms with E-state index in [1.165, 1.54) is 6.07 Å². The molecule has 1 atom stereocenters. The van der Waals surface area contributed by atoms with E-state index in [0.29, 0.717) is 12.2 Å². The third-order valence-corrected chi connectivity index (χ3v) is 2.55. The van der Waals surface area contributed by atoms with E-state index < -0.39 is 5.82 Å². The van der Waals surface area contributed by atoms with Crippen LogP contribution < -0.4 is 11.3 Å². The van der Waals surface area contributed by atoms with Gasteiger partial charge in [0.25, 0.3) is 0 Å². The maximum atomic E-state index is 13.2. The summed E-state index contributed by atoms with van der Waals surface area (Å²) < 4.78 is 18.7. The first-order valence-corrected chi connectivity index (χ1v) is 5.45. The number of halogens is 2. The molecule has 5 heteroatoms. The molecular weight excluding hydrogens is 231 g/mol. The fourth-order valence-electron chi connectivity index (χ4n) is 1.31. The Balaban J connectivity index is 2.82. The van der Waals surface area contributed by atoms with Crippen molar-refractivity contribution in [1.29, 1.82) is 0 Å². The molecule has 0 saturated carbocycles. The lowest BCUT2D eigenvalue weighted by atomic mass is 10.1. The van der Waals surface area contributed by atoms with E-state index >= 15 is 0 Å². The van der Waals surface area contributed by atoms with Gasteiger partial charge in [0.1, 0.15) is 5.82 Å². The van der Waals surface area contributed by atoms with Crippen molar-refractivity contribution in [3.63, 3.8) is 0 Å². The Labute approximate surface area is 99.7 Å². The molecule has 0 fully saturated rings. The zero-order chi connectivity index (χ0) is 12.1. The van der Waals surface area contributed by atoms with Crippen molar-refractivity contribution in [2.24, 2.45) is 5.84 Å². The monoisotopic (exact) mass is 246 g/mol. The summed E-state index contributed by atoms with van der Waals surface area (Å²) in [6.45, 7) is 4.18. The van der Waals surface area contributed by atoms with Gasteiger partial charge in [-0.25, -0.2) is 4.39 Å². The second-order valence-electron chi connectivity index (χ2n) is 3.74. The van der Waals surface area contributed by atoms with Gasteiger partial charge in [-0.05, 0) is 25.5 Å². The van der Waals surface area contributed by atoms with Gasteiger partial charge in [0.05, 0.1) is 23.8 Å². The van der Waals surface area contributed by atoms with Crippen molar-refractivity contribution < 1.29 is 9.13 Å². The number of ether oxygens (including phenoxy) is 1. The summed E-state index contributed by atoms with van der Waals surface area (Å²) in [4.78, 5) is 0. The molecule has 0 aliphatic carbocycles. The van der Waals surface area contributed by atoms with Gasteiger partial charge < -0.3 is 4.74 Å². The summed E-state index contributed by atoms with van der Waals surface area (Å²) in [5, 5.41) is 0.0813. The van der Waals surface area contributed by atoms with Gasteiger partial charge in [-0.15, -0.1) is 0 Å². The van der Waals surface area contributed by atoms with E-state index in [-0.39, 0.29) is 17.2 Å².